The van der Waals surface area contributed by atoms with Crippen molar-refractivity contribution in [3.8, 4) is 0 Å². The molecule has 0 radical (unpaired) electrons. The summed E-state index contributed by atoms with van der Waals surface area (Å²) in [6, 6.07) is 0.0806. The number of hydrogen-bond acceptors (Lipinski definition) is 2. The third-order valence-electron chi connectivity index (χ3n) is 1.60. The summed E-state index contributed by atoms with van der Waals surface area (Å²) >= 11 is 0. The molecule has 0 aliphatic carbocycles. The van der Waals surface area contributed by atoms with Crippen LogP contribution < -0.4 is 10.6 Å². The predicted octanol–water partition coefficient (Wildman–Crippen LogP) is 1.07. The lowest BCUT2D eigenvalue weighted by Gasteiger charge is -2.14. The Morgan fingerprint density at radius 2 is 2.00 bits per heavy atom. The summed E-state index contributed by atoms with van der Waals surface area (Å²) in [4.78, 5) is 11.3. The second kappa shape index (κ2) is 6.66. The van der Waals surface area contributed by atoms with Gasteiger partial charge in [0, 0.05) is 12.6 Å². The van der Waals surface area contributed by atoms with Gasteiger partial charge < -0.3 is 10.6 Å². The molecule has 0 aliphatic heterocycles. The number of nitrogens with one attached hydrogen (secondary N) is 2. The molecule has 0 saturated heterocycles. The maximum atomic E-state index is 11.3. The summed E-state index contributed by atoms with van der Waals surface area (Å²) in [5.74, 6) is 0.0551. The first-order valence-corrected chi connectivity index (χ1v) is 4.72. The van der Waals surface area contributed by atoms with Crippen LogP contribution in [0, 0.1) is 0 Å². The maximum Gasteiger partial charge on any atom is 0.237 e. The zero-order chi connectivity index (χ0) is 10.3. The molecular formula is C10H20N2O. The van der Waals surface area contributed by atoms with Crippen molar-refractivity contribution in [1.82, 2.24) is 10.6 Å². The van der Waals surface area contributed by atoms with Gasteiger partial charge in [-0.1, -0.05) is 12.2 Å². The highest BCUT2D eigenvalue weighted by Gasteiger charge is 2.11. The van der Waals surface area contributed by atoms with E-state index in [-0.39, 0.29) is 18.0 Å². The molecule has 13 heavy (non-hydrogen) atoms. The number of hydrogen-bond donors (Lipinski definition) is 2. The fourth-order valence-electron chi connectivity index (χ4n) is 0.865. The minimum atomic E-state index is -0.126. The van der Waals surface area contributed by atoms with Crippen LogP contribution >= 0.6 is 0 Å². The number of carbonyl (C=O) groups excluding carboxylic acids is 1. The molecule has 0 spiro atoms. The van der Waals surface area contributed by atoms with E-state index in [1.807, 2.05) is 39.8 Å². The van der Waals surface area contributed by atoms with E-state index in [0.29, 0.717) is 0 Å². The summed E-state index contributed by atoms with van der Waals surface area (Å²) < 4.78 is 0. The Morgan fingerprint density at radius 1 is 1.38 bits per heavy atom. The average Bonchev–Trinajstić information content (AvgIpc) is 2.03. The van der Waals surface area contributed by atoms with Gasteiger partial charge in [0.05, 0.1) is 6.04 Å². The van der Waals surface area contributed by atoms with Crippen LogP contribution in [0.5, 0.6) is 0 Å². The zero-order valence-corrected chi connectivity index (χ0v) is 8.92. The summed E-state index contributed by atoms with van der Waals surface area (Å²) in [6.07, 6.45) is 3.94. The number of amides is 1. The third-order valence-corrected chi connectivity index (χ3v) is 1.60. The van der Waals surface area contributed by atoms with E-state index < -0.39 is 0 Å². The molecule has 0 aromatic heterocycles. The first-order chi connectivity index (χ1) is 6.07. The van der Waals surface area contributed by atoms with Crippen LogP contribution in [0.25, 0.3) is 0 Å². The molecule has 0 aromatic rings. The quantitative estimate of drug-likeness (QED) is 0.627. The van der Waals surface area contributed by atoms with Crippen LogP contribution in [-0.4, -0.2) is 24.5 Å². The molecule has 0 fully saturated rings. The Labute approximate surface area is 80.6 Å². The zero-order valence-electron chi connectivity index (χ0n) is 8.92. The van der Waals surface area contributed by atoms with Gasteiger partial charge in [-0.3, -0.25) is 4.79 Å². The predicted molar refractivity (Wildman–Crippen MR) is 55.6 cm³/mol. The monoisotopic (exact) mass is 184 g/mol. The van der Waals surface area contributed by atoms with Crippen LogP contribution in [0.3, 0.4) is 0 Å². The smallest absolute Gasteiger partial charge is 0.237 e. The van der Waals surface area contributed by atoms with Crippen LogP contribution in [0.2, 0.25) is 0 Å². The third kappa shape index (κ3) is 6.34. The lowest BCUT2D eigenvalue weighted by Crippen LogP contribution is -2.44. The first-order valence-electron chi connectivity index (χ1n) is 4.72. The van der Waals surface area contributed by atoms with E-state index in [1.54, 1.807) is 0 Å². The van der Waals surface area contributed by atoms with Gasteiger partial charge in [0.25, 0.3) is 0 Å². The van der Waals surface area contributed by atoms with E-state index >= 15 is 0 Å². The van der Waals surface area contributed by atoms with Crippen molar-refractivity contribution in [2.45, 2.75) is 39.8 Å². The Kier molecular flexibility index (Phi) is 6.24. The summed E-state index contributed by atoms with van der Waals surface area (Å²) in [7, 11) is 0. The van der Waals surface area contributed by atoms with Gasteiger partial charge in [0.2, 0.25) is 5.91 Å². The number of carbonyl (C=O) groups is 1. The van der Waals surface area contributed by atoms with Gasteiger partial charge in [-0.05, 0) is 27.7 Å². The van der Waals surface area contributed by atoms with Gasteiger partial charge in [0.1, 0.15) is 0 Å². The van der Waals surface area contributed by atoms with Crippen molar-refractivity contribution in [3.05, 3.63) is 12.2 Å². The standard InChI is InChI=1S/C10H20N2O/c1-5-6-7-11-9(4)10(13)12-8(2)3/h5-6,8-9,11H,7H2,1-4H3,(H,12,13)/b6-5+. The van der Waals surface area contributed by atoms with Gasteiger partial charge >= 0.3 is 0 Å². The number of rotatable bonds is 5. The van der Waals surface area contributed by atoms with Crippen molar-refractivity contribution in [2.24, 2.45) is 0 Å². The second-order valence-corrected chi connectivity index (χ2v) is 3.36. The molecular weight excluding hydrogens is 164 g/mol. The second-order valence-electron chi connectivity index (χ2n) is 3.36. The highest BCUT2D eigenvalue weighted by molar-refractivity contribution is 5.81. The highest BCUT2D eigenvalue weighted by Crippen LogP contribution is 1.85. The van der Waals surface area contributed by atoms with Crippen LogP contribution in [0.1, 0.15) is 27.7 Å². The first kappa shape index (κ1) is 12.2. The SMILES string of the molecule is C/C=C/CNC(C)C(=O)NC(C)C. The summed E-state index contributed by atoms with van der Waals surface area (Å²) in [5.41, 5.74) is 0. The van der Waals surface area contributed by atoms with Gasteiger partial charge in [-0.2, -0.15) is 0 Å². The fraction of sp³-hybridized carbons (Fsp3) is 0.700. The molecule has 0 rings (SSSR count). The molecule has 1 amide bonds. The Hall–Kier alpha value is -0.830. The molecule has 2 N–H and O–H groups in total. The molecule has 3 heteroatoms. The minimum absolute atomic E-state index is 0.0551. The van der Waals surface area contributed by atoms with Crippen LogP contribution in [-0.2, 0) is 4.79 Å². The van der Waals surface area contributed by atoms with Gasteiger partial charge in [0.15, 0.2) is 0 Å². The molecule has 1 atom stereocenters. The molecule has 3 nitrogen and oxygen atoms in total. The van der Waals surface area contributed by atoms with Gasteiger partial charge in [-0.25, -0.2) is 0 Å². The van der Waals surface area contributed by atoms with Crippen LogP contribution in [0.4, 0.5) is 0 Å². The molecule has 0 aliphatic rings. The molecule has 0 saturated carbocycles. The largest absolute Gasteiger partial charge is 0.353 e. The lowest BCUT2D eigenvalue weighted by molar-refractivity contribution is -0.123. The highest BCUT2D eigenvalue weighted by atomic mass is 16.2. The lowest BCUT2D eigenvalue weighted by atomic mass is 10.3. The molecule has 76 valence electrons. The van der Waals surface area contributed by atoms with Gasteiger partial charge in [-0.15, -0.1) is 0 Å². The van der Waals surface area contributed by atoms with Crippen molar-refractivity contribution >= 4 is 5.91 Å². The van der Waals surface area contributed by atoms with Crippen molar-refractivity contribution in [3.63, 3.8) is 0 Å². The topological polar surface area (TPSA) is 41.1 Å². The van der Waals surface area contributed by atoms with E-state index in [1.165, 1.54) is 0 Å². The minimum Gasteiger partial charge on any atom is -0.353 e. The average molecular weight is 184 g/mol. The molecule has 0 heterocycles. The summed E-state index contributed by atoms with van der Waals surface area (Å²) in [5, 5.41) is 5.93. The Balaban J connectivity index is 3.69. The normalized spacial score (nSPS) is 13.6. The van der Waals surface area contributed by atoms with Crippen molar-refractivity contribution in [2.75, 3.05) is 6.54 Å². The number of allylic oxidation sites excluding steroid dienone is 1. The molecule has 1 unspecified atom stereocenters. The Morgan fingerprint density at radius 3 is 2.46 bits per heavy atom. The van der Waals surface area contributed by atoms with Crippen molar-refractivity contribution < 1.29 is 4.79 Å². The fourth-order valence-corrected chi connectivity index (χ4v) is 0.865. The van der Waals surface area contributed by atoms with Crippen molar-refractivity contribution in [1.29, 1.82) is 0 Å². The summed E-state index contributed by atoms with van der Waals surface area (Å²) in [6.45, 7) is 8.47. The Bertz CT molecular complexity index is 176. The van der Waals surface area contributed by atoms with E-state index in [9.17, 15) is 4.79 Å². The molecule has 0 bridgehead atoms. The van der Waals surface area contributed by atoms with E-state index in [0.717, 1.165) is 6.54 Å². The van der Waals surface area contributed by atoms with Crippen LogP contribution in [0.15, 0.2) is 12.2 Å². The maximum absolute atomic E-state index is 11.3. The molecule has 0 aromatic carbocycles. The van der Waals surface area contributed by atoms with E-state index in [2.05, 4.69) is 10.6 Å². The van der Waals surface area contributed by atoms with E-state index in [4.69, 9.17) is 0 Å².